The van der Waals surface area contributed by atoms with Crippen LogP contribution in [0.15, 0.2) is 36.2 Å². The minimum absolute atomic E-state index is 0.127. The van der Waals surface area contributed by atoms with Crippen molar-refractivity contribution in [1.29, 1.82) is 0 Å². The molecule has 0 spiro atoms. The molecule has 1 aromatic heterocycles. The van der Waals surface area contributed by atoms with Crippen molar-refractivity contribution in [2.24, 2.45) is 0 Å². The molecule has 0 aliphatic carbocycles. The molecule has 2 fully saturated rings. The van der Waals surface area contributed by atoms with E-state index in [9.17, 15) is 0 Å². The van der Waals surface area contributed by atoms with Gasteiger partial charge in [-0.05, 0) is 67.5 Å². The summed E-state index contributed by atoms with van der Waals surface area (Å²) in [5.41, 5.74) is -1.55. The van der Waals surface area contributed by atoms with E-state index in [1.54, 1.807) is 0 Å². The molecule has 0 bridgehead atoms. The first-order valence-electron chi connectivity index (χ1n) is 12.0. The zero-order chi connectivity index (χ0) is 25.1. The van der Waals surface area contributed by atoms with Crippen molar-refractivity contribution in [2.75, 3.05) is 0 Å². The lowest BCUT2D eigenvalue weighted by molar-refractivity contribution is 0.00578. The molecule has 0 aromatic carbocycles. The van der Waals surface area contributed by atoms with Crippen molar-refractivity contribution >= 4 is 25.6 Å². The van der Waals surface area contributed by atoms with Crippen molar-refractivity contribution in [3.63, 3.8) is 0 Å². The number of allylic oxidation sites excluding steroid dienone is 2. The van der Waals surface area contributed by atoms with Crippen LogP contribution in [0.3, 0.4) is 0 Å². The second-order valence-corrected chi connectivity index (χ2v) is 13.7. The smallest absolute Gasteiger partial charge is 0.400 e. The first-order valence-corrected chi connectivity index (χ1v) is 12.8. The molecule has 7 heteroatoms. The molecule has 4 nitrogen and oxygen atoms in total. The van der Waals surface area contributed by atoms with Crippen LogP contribution in [0.25, 0.3) is 0 Å². The summed E-state index contributed by atoms with van der Waals surface area (Å²) >= 11 is 1.85. The van der Waals surface area contributed by atoms with E-state index in [0.29, 0.717) is 0 Å². The molecule has 2 aliphatic rings. The van der Waals surface area contributed by atoms with Crippen LogP contribution in [-0.2, 0) is 29.4 Å². The van der Waals surface area contributed by atoms with Crippen molar-refractivity contribution in [3.05, 3.63) is 46.0 Å². The zero-order valence-electron chi connectivity index (χ0n) is 22.7. The molecule has 0 N–H and O–H groups in total. The molecule has 0 amide bonds. The fourth-order valence-corrected chi connectivity index (χ4v) is 4.94. The summed E-state index contributed by atoms with van der Waals surface area (Å²) in [6.45, 7) is 25.6. The number of thiophene rings is 1. The Bertz CT molecular complexity index is 820. The van der Waals surface area contributed by atoms with E-state index in [0.717, 1.165) is 0 Å². The number of hydrogen-bond donors (Lipinski definition) is 0. The molecule has 2 saturated heterocycles. The molecule has 182 valence electrons. The Labute approximate surface area is 206 Å². The topological polar surface area (TPSA) is 36.9 Å². The fraction of sp³-hybridized carbons (Fsp3) is 0.692. The van der Waals surface area contributed by atoms with Crippen LogP contribution in [0.4, 0.5) is 0 Å². The Morgan fingerprint density at radius 1 is 0.606 bits per heavy atom. The molecule has 0 unspecified atom stereocenters. The van der Waals surface area contributed by atoms with E-state index in [-0.39, 0.29) is 47.5 Å². The van der Waals surface area contributed by atoms with Gasteiger partial charge in [0.2, 0.25) is 0 Å². The average Bonchev–Trinajstić information content (AvgIpc) is 3.27. The van der Waals surface area contributed by atoms with Gasteiger partial charge in [0.15, 0.2) is 0 Å². The molecule has 0 atom stereocenters. The van der Waals surface area contributed by atoms with Gasteiger partial charge >= 0.3 is 14.2 Å². The number of rotatable bonds is 6. The maximum absolute atomic E-state index is 6.13. The van der Waals surface area contributed by atoms with Crippen LogP contribution < -0.4 is 0 Å². The lowest BCUT2D eigenvalue weighted by Crippen LogP contribution is -2.41. The van der Waals surface area contributed by atoms with Gasteiger partial charge < -0.3 is 18.6 Å². The summed E-state index contributed by atoms with van der Waals surface area (Å²) in [5, 5.41) is 0. The quantitative estimate of drug-likeness (QED) is 0.433. The highest BCUT2D eigenvalue weighted by Gasteiger charge is 2.51. The second kappa shape index (κ2) is 8.37. The van der Waals surface area contributed by atoms with E-state index >= 15 is 0 Å². The maximum Gasteiger partial charge on any atom is 0.486 e. The van der Waals surface area contributed by atoms with Crippen LogP contribution in [0, 0.1) is 0 Å². The van der Waals surface area contributed by atoms with Crippen LogP contribution in [-0.4, -0.2) is 36.6 Å². The normalized spacial score (nSPS) is 24.5. The van der Waals surface area contributed by atoms with Crippen LogP contribution in [0.1, 0.15) is 92.8 Å². The maximum atomic E-state index is 6.13. The van der Waals surface area contributed by atoms with Gasteiger partial charge in [0.1, 0.15) is 0 Å². The van der Waals surface area contributed by atoms with Gasteiger partial charge in [0.25, 0.3) is 0 Å². The molecule has 3 rings (SSSR count). The van der Waals surface area contributed by atoms with Crippen molar-refractivity contribution < 1.29 is 18.6 Å². The first-order chi connectivity index (χ1) is 14.8. The molecule has 2 aliphatic heterocycles. The molecule has 33 heavy (non-hydrogen) atoms. The van der Waals surface area contributed by atoms with E-state index < -0.39 is 0 Å². The first kappa shape index (κ1) is 26.7. The van der Waals surface area contributed by atoms with Crippen LogP contribution in [0.5, 0.6) is 0 Å². The summed E-state index contributed by atoms with van der Waals surface area (Å²) in [4.78, 5) is 2.62. The van der Waals surface area contributed by atoms with E-state index in [2.05, 4.69) is 119 Å². The third-order valence-corrected chi connectivity index (χ3v) is 9.52. The van der Waals surface area contributed by atoms with Crippen LogP contribution in [0.2, 0.25) is 0 Å². The highest BCUT2D eigenvalue weighted by atomic mass is 32.1. The largest absolute Gasteiger partial charge is 0.486 e. The average molecular weight is 472 g/mol. The number of hydrogen-bond acceptors (Lipinski definition) is 5. The molecular weight excluding hydrogens is 430 g/mol. The summed E-state index contributed by atoms with van der Waals surface area (Å²) in [6, 6.07) is 4.47. The van der Waals surface area contributed by atoms with Gasteiger partial charge in [-0.25, -0.2) is 0 Å². The Hall–Kier alpha value is -0.850. The van der Waals surface area contributed by atoms with Gasteiger partial charge in [-0.3, -0.25) is 0 Å². The standard InChI is InChI=1S/C26H42B2O4S/c1-21(2,15-17-27-29-23(5,6)24(7,8)30-27)19-13-14-20(33-19)22(3,4)16-18-28-31-25(9,10)26(11,12)32-28/h13-18H,1-12H3/b17-15+,18-16+. The summed E-state index contributed by atoms with van der Waals surface area (Å²) in [7, 11) is -0.652. The van der Waals surface area contributed by atoms with Gasteiger partial charge in [0.05, 0.1) is 22.4 Å². The minimum Gasteiger partial charge on any atom is -0.400 e. The van der Waals surface area contributed by atoms with Crippen molar-refractivity contribution in [2.45, 2.75) is 116 Å². The van der Waals surface area contributed by atoms with Crippen molar-refractivity contribution in [1.82, 2.24) is 0 Å². The predicted octanol–water partition coefficient (Wildman–Crippen LogP) is 6.68. The Morgan fingerprint density at radius 2 is 0.879 bits per heavy atom. The lowest BCUT2D eigenvalue weighted by atomic mass is 9.82. The molecule has 3 heterocycles. The summed E-state index contributed by atoms with van der Waals surface area (Å²) < 4.78 is 24.5. The summed E-state index contributed by atoms with van der Waals surface area (Å²) in [6.07, 6.45) is 4.41. The molecular formula is C26H42B2O4S. The monoisotopic (exact) mass is 472 g/mol. The highest BCUT2D eigenvalue weighted by molar-refractivity contribution is 7.12. The van der Waals surface area contributed by atoms with Gasteiger partial charge in [-0.15, -0.1) is 11.3 Å². The SMILES string of the molecule is CC(C)(/C=C/B1OC(C)(C)C(C)(C)O1)c1ccc(C(C)(C)/C=C/B2OC(C)(C)C(C)(C)O2)s1. The Kier molecular flexibility index (Phi) is 6.79. The fourth-order valence-electron chi connectivity index (χ4n) is 3.77. The Balaban J connectivity index is 1.70. The summed E-state index contributed by atoms with van der Waals surface area (Å²) in [5.74, 6) is 4.11. The third kappa shape index (κ3) is 5.38. The molecule has 0 saturated carbocycles. The van der Waals surface area contributed by atoms with Gasteiger partial charge in [0, 0.05) is 20.6 Å². The predicted molar refractivity (Wildman–Crippen MR) is 141 cm³/mol. The van der Waals surface area contributed by atoms with Crippen LogP contribution >= 0.6 is 11.3 Å². The highest BCUT2D eigenvalue weighted by Crippen LogP contribution is 2.41. The zero-order valence-corrected chi connectivity index (χ0v) is 23.5. The minimum atomic E-state index is -0.326. The van der Waals surface area contributed by atoms with Crippen molar-refractivity contribution in [3.8, 4) is 0 Å². The molecule has 0 radical (unpaired) electrons. The Morgan fingerprint density at radius 3 is 1.15 bits per heavy atom. The van der Waals surface area contributed by atoms with Gasteiger partial charge in [-0.2, -0.15) is 0 Å². The lowest BCUT2D eigenvalue weighted by Gasteiger charge is -2.32. The second-order valence-electron chi connectivity index (χ2n) is 12.6. The van der Waals surface area contributed by atoms with E-state index in [1.807, 2.05) is 11.3 Å². The van der Waals surface area contributed by atoms with E-state index in [1.165, 1.54) is 9.75 Å². The van der Waals surface area contributed by atoms with E-state index in [4.69, 9.17) is 18.6 Å². The molecule has 1 aromatic rings. The van der Waals surface area contributed by atoms with Gasteiger partial charge in [-0.1, -0.05) is 51.8 Å². The third-order valence-electron chi connectivity index (χ3n) is 7.76.